The minimum atomic E-state index is -3.44. The number of carbonyl (C=O) groups excluding carboxylic acids is 1. The van der Waals surface area contributed by atoms with Crippen molar-refractivity contribution in [2.24, 2.45) is 5.92 Å². The summed E-state index contributed by atoms with van der Waals surface area (Å²) in [5.74, 6) is 0.455. The average Bonchev–Trinajstić information content (AvgIpc) is 3.16. The number of thiophene rings is 1. The molecule has 0 atom stereocenters. The van der Waals surface area contributed by atoms with Gasteiger partial charge in [0.25, 0.3) is 10.0 Å². The number of carbonyl (C=O) groups is 1. The largest absolute Gasteiger partial charge is 0.351 e. The smallest absolute Gasteiger partial charge is 0.252 e. The van der Waals surface area contributed by atoms with E-state index in [1.54, 1.807) is 16.4 Å². The van der Waals surface area contributed by atoms with Crippen LogP contribution in [-0.4, -0.2) is 31.7 Å². The van der Waals surface area contributed by atoms with Crippen molar-refractivity contribution < 1.29 is 13.2 Å². The fourth-order valence-electron chi connectivity index (χ4n) is 3.49. The van der Waals surface area contributed by atoms with Crippen LogP contribution in [0, 0.1) is 12.8 Å². The van der Waals surface area contributed by atoms with Gasteiger partial charge in [0.15, 0.2) is 0 Å². The molecule has 0 saturated carbocycles. The van der Waals surface area contributed by atoms with Crippen molar-refractivity contribution in [3.05, 3.63) is 52.4 Å². The Labute approximate surface area is 171 Å². The van der Waals surface area contributed by atoms with Gasteiger partial charge in [0.05, 0.1) is 6.54 Å². The van der Waals surface area contributed by atoms with Crippen LogP contribution in [0.4, 0.5) is 0 Å². The van der Waals surface area contributed by atoms with Crippen LogP contribution in [0.3, 0.4) is 0 Å². The summed E-state index contributed by atoms with van der Waals surface area (Å²) < 4.78 is 27.8. The van der Waals surface area contributed by atoms with Gasteiger partial charge in [0.2, 0.25) is 5.91 Å². The molecular weight excluding hydrogens is 392 g/mol. The molecule has 1 saturated heterocycles. The zero-order chi connectivity index (χ0) is 20.1. The molecule has 1 aromatic carbocycles. The van der Waals surface area contributed by atoms with E-state index in [0.717, 1.165) is 30.6 Å². The minimum absolute atomic E-state index is 0.120. The van der Waals surface area contributed by atoms with Gasteiger partial charge >= 0.3 is 0 Å². The first-order chi connectivity index (χ1) is 13.3. The molecule has 1 N–H and O–H groups in total. The van der Waals surface area contributed by atoms with Crippen molar-refractivity contribution in [2.75, 3.05) is 13.1 Å². The molecule has 2 aromatic rings. The van der Waals surface area contributed by atoms with Crippen LogP contribution < -0.4 is 5.32 Å². The van der Waals surface area contributed by atoms with Crippen LogP contribution in [0.15, 0.2) is 40.6 Å². The van der Waals surface area contributed by atoms with Crippen molar-refractivity contribution in [3.63, 3.8) is 0 Å². The second-order valence-corrected chi connectivity index (χ2v) is 10.8. The van der Waals surface area contributed by atoms with Gasteiger partial charge in [0.1, 0.15) is 4.21 Å². The van der Waals surface area contributed by atoms with Crippen molar-refractivity contribution in [1.82, 2.24) is 9.62 Å². The molecule has 0 spiro atoms. The third kappa shape index (κ3) is 5.43. The lowest BCUT2D eigenvalue weighted by Crippen LogP contribution is -2.38. The fourth-order valence-corrected chi connectivity index (χ4v) is 6.41. The van der Waals surface area contributed by atoms with Gasteiger partial charge in [0, 0.05) is 24.9 Å². The predicted molar refractivity (Wildman–Crippen MR) is 113 cm³/mol. The van der Waals surface area contributed by atoms with E-state index in [1.807, 2.05) is 0 Å². The van der Waals surface area contributed by atoms with E-state index in [0.29, 0.717) is 29.8 Å². The molecule has 7 heteroatoms. The standard InChI is InChI=1S/C21H28N2O3S2/c1-16-3-5-18(6-4-16)7-8-19-11-13-23(14-12-19)28(25,26)21-10-9-20(27-21)15-22-17(2)24/h3-6,9-10,19H,7-8,11-15H2,1-2H3,(H,22,24). The highest BCUT2D eigenvalue weighted by molar-refractivity contribution is 7.91. The van der Waals surface area contributed by atoms with E-state index >= 15 is 0 Å². The third-order valence-corrected chi connectivity index (χ3v) is 8.73. The lowest BCUT2D eigenvalue weighted by Gasteiger charge is -2.30. The number of amides is 1. The molecule has 0 aliphatic carbocycles. The molecule has 0 unspecified atom stereocenters. The van der Waals surface area contributed by atoms with Gasteiger partial charge in [-0.25, -0.2) is 8.42 Å². The van der Waals surface area contributed by atoms with E-state index in [-0.39, 0.29) is 5.91 Å². The molecule has 1 fully saturated rings. The van der Waals surface area contributed by atoms with Crippen molar-refractivity contribution in [1.29, 1.82) is 0 Å². The first kappa shape index (κ1) is 21.0. The molecule has 1 aliphatic rings. The van der Waals surface area contributed by atoms with Gasteiger partial charge < -0.3 is 5.32 Å². The Morgan fingerprint density at radius 1 is 1.14 bits per heavy atom. The minimum Gasteiger partial charge on any atom is -0.351 e. The highest BCUT2D eigenvalue weighted by Gasteiger charge is 2.30. The Kier molecular flexibility index (Phi) is 6.91. The van der Waals surface area contributed by atoms with Crippen molar-refractivity contribution in [3.8, 4) is 0 Å². The summed E-state index contributed by atoms with van der Waals surface area (Å²) in [6, 6.07) is 12.1. The fraction of sp³-hybridized carbons (Fsp3) is 0.476. The van der Waals surface area contributed by atoms with Crippen LogP contribution in [0.5, 0.6) is 0 Å². The van der Waals surface area contributed by atoms with E-state index in [4.69, 9.17) is 0 Å². The SMILES string of the molecule is CC(=O)NCc1ccc(S(=O)(=O)N2CCC(CCc3ccc(C)cc3)CC2)s1. The van der Waals surface area contributed by atoms with Crippen molar-refractivity contribution in [2.45, 2.75) is 50.3 Å². The molecule has 3 rings (SSSR count). The molecule has 1 aliphatic heterocycles. The molecular formula is C21H28N2O3S2. The van der Waals surface area contributed by atoms with Gasteiger partial charge in [-0.2, -0.15) is 4.31 Å². The summed E-state index contributed by atoms with van der Waals surface area (Å²) in [7, 11) is -3.44. The zero-order valence-electron chi connectivity index (χ0n) is 16.5. The normalized spacial score (nSPS) is 16.2. The number of hydrogen-bond donors (Lipinski definition) is 1. The zero-order valence-corrected chi connectivity index (χ0v) is 18.1. The van der Waals surface area contributed by atoms with Gasteiger partial charge in [-0.1, -0.05) is 29.8 Å². The molecule has 1 aromatic heterocycles. The van der Waals surface area contributed by atoms with E-state index < -0.39 is 10.0 Å². The molecule has 0 bridgehead atoms. The van der Waals surface area contributed by atoms with Crippen LogP contribution >= 0.6 is 11.3 Å². The summed E-state index contributed by atoms with van der Waals surface area (Å²) in [5.41, 5.74) is 2.63. The second-order valence-electron chi connectivity index (χ2n) is 7.50. The molecule has 2 heterocycles. The number of piperidine rings is 1. The second kappa shape index (κ2) is 9.20. The summed E-state index contributed by atoms with van der Waals surface area (Å²) >= 11 is 1.24. The highest BCUT2D eigenvalue weighted by Crippen LogP contribution is 2.30. The molecule has 5 nitrogen and oxygen atoms in total. The maximum atomic E-state index is 12.9. The van der Waals surface area contributed by atoms with Gasteiger partial charge in [-0.05, 0) is 56.2 Å². The topological polar surface area (TPSA) is 66.5 Å². The molecule has 152 valence electrons. The van der Waals surface area contributed by atoms with E-state index in [2.05, 4.69) is 36.5 Å². The first-order valence-corrected chi connectivity index (χ1v) is 12.0. The Morgan fingerprint density at radius 3 is 2.46 bits per heavy atom. The Hall–Kier alpha value is -1.70. The summed E-state index contributed by atoms with van der Waals surface area (Å²) in [5, 5.41) is 2.71. The van der Waals surface area contributed by atoms with Gasteiger partial charge in [-0.15, -0.1) is 11.3 Å². The first-order valence-electron chi connectivity index (χ1n) is 9.73. The quantitative estimate of drug-likeness (QED) is 0.742. The van der Waals surface area contributed by atoms with Crippen molar-refractivity contribution >= 4 is 27.3 Å². The summed E-state index contributed by atoms with van der Waals surface area (Å²) in [6.07, 6.45) is 3.98. The Bertz CT molecular complexity index is 896. The van der Waals surface area contributed by atoms with Gasteiger partial charge in [-0.3, -0.25) is 4.79 Å². The maximum absolute atomic E-state index is 12.9. The van der Waals surface area contributed by atoms with Crippen LogP contribution in [0.1, 0.15) is 42.2 Å². The predicted octanol–water partition coefficient (Wildman–Crippen LogP) is 3.73. The number of nitrogens with zero attached hydrogens (tertiary/aromatic N) is 1. The number of aryl methyl sites for hydroxylation is 2. The summed E-state index contributed by atoms with van der Waals surface area (Å²) in [4.78, 5) is 11.9. The average molecular weight is 421 g/mol. The number of rotatable bonds is 7. The van der Waals surface area contributed by atoms with Crippen LogP contribution in [0.2, 0.25) is 0 Å². The van der Waals surface area contributed by atoms with E-state index in [9.17, 15) is 13.2 Å². The molecule has 28 heavy (non-hydrogen) atoms. The Balaban J connectivity index is 1.52. The third-order valence-electron chi connectivity index (χ3n) is 5.28. The lowest BCUT2D eigenvalue weighted by molar-refractivity contribution is -0.119. The highest BCUT2D eigenvalue weighted by atomic mass is 32.2. The van der Waals surface area contributed by atoms with Crippen LogP contribution in [0.25, 0.3) is 0 Å². The summed E-state index contributed by atoms with van der Waals surface area (Å²) in [6.45, 7) is 5.08. The lowest BCUT2D eigenvalue weighted by atomic mass is 9.91. The number of hydrogen-bond acceptors (Lipinski definition) is 4. The number of nitrogens with one attached hydrogen (secondary N) is 1. The molecule has 0 radical (unpaired) electrons. The van der Waals surface area contributed by atoms with E-state index in [1.165, 1.54) is 29.4 Å². The maximum Gasteiger partial charge on any atom is 0.252 e. The molecule has 1 amide bonds. The number of benzene rings is 1. The monoisotopic (exact) mass is 420 g/mol. The Morgan fingerprint density at radius 2 is 1.82 bits per heavy atom. The van der Waals surface area contributed by atoms with Crippen LogP contribution in [-0.2, 0) is 27.8 Å². The number of sulfonamides is 1.